The lowest BCUT2D eigenvalue weighted by atomic mass is 9.88. The smallest absolute Gasteiger partial charge is 0.165 e. The van der Waals surface area contributed by atoms with Gasteiger partial charge in [0.25, 0.3) is 0 Å². The Labute approximate surface area is 344 Å². The zero-order valence-electron chi connectivity index (χ0n) is 31.8. The molecule has 0 saturated heterocycles. The van der Waals surface area contributed by atoms with Gasteiger partial charge in [0, 0.05) is 36.9 Å². The van der Waals surface area contributed by atoms with Gasteiger partial charge in [-0.3, -0.25) is 0 Å². The van der Waals surface area contributed by atoms with E-state index in [2.05, 4.69) is 200 Å². The molecule has 0 saturated carbocycles. The summed E-state index contributed by atoms with van der Waals surface area (Å²) in [5.41, 5.74) is 7.40. The number of hydrogen-bond donors (Lipinski definition) is 0. The predicted molar refractivity (Wildman–Crippen MR) is 250 cm³/mol. The summed E-state index contributed by atoms with van der Waals surface area (Å²) in [6, 6.07) is 71.7. The van der Waals surface area contributed by atoms with Crippen LogP contribution in [0.25, 0.3) is 120 Å². The number of benzene rings is 10. The van der Waals surface area contributed by atoms with Crippen LogP contribution in [0.2, 0.25) is 0 Å². The summed E-state index contributed by atoms with van der Waals surface area (Å²) in [7, 11) is 0. The molecule has 2 heterocycles. The highest BCUT2D eigenvalue weighted by Crippen LogP contribution is 2.44. The first-order valence-electron chi connectivity index (χ1n) is 19.9. The Morgan fingerprint density at radius 1 is 0.288 bits per heavy atom. The summed E-state index contributed by atoms with van der Waals surface area (Å²) in [6.45, 7) is 0. The lowest BCUT2D eigenvalue weighted by Crippen LogP contribution is -2.02. The van der Waals surface area contributed by atoms with E-state index in [1.807, 2.05) is 0 Å². The Hall–Kier alpha value is -7.53. The van der Waals surface area contributed by atoms with Crippen LogP contribution in [0.4, 0.5) is 0 Å². The Bertz CT molecular complexity index is 3640. The average Bonchev–Trinajstić information content (AvgIpc) is 3.70. The molecule has 0 amide bonds. The molecule has 2 aromatic heterocycles. The summed E-state index contributed by atoms with van der Waals surface area (Å²) < 4.78 is 2.41. The molecule has 274 valence electrons. The van der Waals surface area contributed by atoms with E-state index in [0.717, 1.165) is 49.7 Å². The van der Waals surface area contributed by atoms with Crippen molar-refractivity contribution in [1.29, 1.82) is 0 Å². The van der Waals surface area contributed by atoms with Gasteiger partial charge in [0.1, 0.15) is 0 Å². The number of hydrogen-bond acceptors (Lipinski definition) is 4. The number of aromatic nitrogens is 3. The first kappa shape index (κ1) is 33.6. The third-order valence-electron chi connectivity index (χ3n) is 11.7. The fraction of sp³-hybridized carbons (Fsp3) is 0. The van der Waals surface area contributed by atoms with E-state index in [0.29, 0.717) is 17.5 Å². The Morgan fingerprint density at radius 3 is 1.78 bits per heavy atom. The van der Waals surface area contributed by atoms with Gasteiger partial charge in [0.05, 0.1) is 0 Å². The third kappa shape index (κ3) is 5.60. The van der Waals surface area contributed by atoms with E-state index >= 15 is 0 Å². The van der Waals surface area contributed by atoms with Gasteiger partial charge in [-0.25, -0.2) is 15.0 Å². The highest BCUT2D eigenvalue weighted by molar-refractivity contribution is 7.26. The van der Waals surface area contributed by atoms with Crippen LogP contribution in [0.3, 0.4) is 0 Å². The van der Waals surface area contributed by atoms with Crippen LogP contribution >= 0.6 is 11.3 Å². The van der Waals surface area contributed by atoms with E-state index in [1.165, 1.54) is 52.5 Å². The normalized spacial score (nSPS) is 11.7. The van der Waals surface area contributed by atoms with Crippen LogP contribution in [-0.2, 0) is 0 Å². The lowest BCUT2D eigenvalue weighted by Gasteiger charge is -2.17. The fourth-order valence-electron chi connectivity index (χ4n) is 8.88. The Morgan fingerprint density at radius 2 is 0.898 bits per heavy atom. The van der Waals surface area contributed by atoms with Gasteiger partial charge in [-0.15, -0.1) is 11.3 Å². The third-order valence-corrected chi connectivity index (χ3v) is 12.9. The fourth-order valence-corrected chi connectivity index (χ4v) is 10.1. The second kappa shape index (κ2) is 13.6. The van der Waals surface area contributed by atoms with Gasteiger partial charge < -0.3 is 0 Å². The average molecular weight is 768 g/mol. The van der Waals surface area contributed by atoms with E-state index in [4.69, 9.17) is 15.0 Å². The molecule has 0 aliphatic rings. The first-order chi connectivity index (χ1) is 29.2. The molecule has 0 N–H and O–H groups in total. The molecule has 0 aliphatic heterocycles. The van der Waals surface area contributed by atoms with Crippen molar-refractivity contribution in [1.82, 2.24) is 15.0 Å². The minimum Gasteiger partial charge on any atom is -0.208 e. The maximum absolute atomic E-state index is 5.50. The molecule has 12 rings (SSSR count). The number of fused-ring (bicyclic) bond motifs is 8. The van der Waals surface area contributed by atoms with Crippen molar-refractivity contribution >= 4 is 74.6 Å². The number of nitrogens with zero attached hydrogens (tertiary/aromatic N) is 3. The second-order valence-corrected chi connectivity index (χ2v) is 16.2. The Kier molecular flexibility index (Phi) is 7.72. The highest BCUT2D eigenvalue weighted by Gasteiger charge is 2.22. The molecule has 0 atom stereocenters. The van der Waals surface area contributed by atoms with Crippen molar-refractivity contribution in [2.24, 2.45) is 0 Å². The largest absolute Gasteiger partial charge is 0.208 e. The van der Waals surface area contributed by atoms with Gasteiger partial charge >= 0.3 is 0 Å². The quantitative estimate of drug-likeness (QED) is 0.164. The molecule has 0 bridgehead atoms. The molecule has 3 nitrogen and oxygen atoms in total. The molecule has 0 spiro atoms. The second-order valence-electron chi connectivity index (χ2n) is 15.1. The summed E-state index contributed by atoms with van der Waals surface area (Å²) in [6.07, 6.45) is 0. The molecule has 0 aliphatic carbocycles. The molecule has 59 heavy (non-hydrogen) atoms. The van der Waals surface area contributed by atoms with E-state index in [-0.39, 0.29) is 0 Å². The van der Waals surface area contributed by atoms with E-state index in [1.54, 1.807) is 11.3 Å². The van der Waals surface area contributed by atoms with Crippen LogP contribution < -0.4 is 0 Å². The number of rotatable bonds is 5. The van der Waals surface area contributed by atoms with Gasteiger partial charge in [0.2, 0.25) is 0 Å². The Balaban J connectivity index is 1.15. The van der Waals surface area contributed by atoms with Crippen molar-refractivity contribution in [3.8, 4) is 56.4 Å². The van der Waals surface area contributed by atoms with Crippen molar-refractivity contribution in [3.05, 3.63) is 200 Å². The van der Waals surface area contributed by atoms with Crippen LogP contribution in [0.5, 0.6) is 0 Å². The maximum atomic E-state index is 5.50. The highest BCUT2D eigenvalue weighted by atomic mass is 32.1. The summed E-state index contributed by atoms with van der Waals surface area (Å²) in [5, 5.41) is 11.9. The van der Waals surface area contributed by atoms with Crippen molar-refractivity contribution < 1.29 is 0 Å². The molecule has 0 fully saturated rings. The summed E-state index contributed by atoms with van der Waals surface area (Å²) >= 11 is 1.79. The molecular weight excluding hydrogens is 735 g/mol. The van der Waals surface area contributed by atoms with Crippen LogP contribution in [0.15, 0.2) is 200 Å². The van der Waals surface area contributed by atoms with Gasteiger partial charge in [-0.1, -0.05) is 170 Å². The summed E-state index contributed by atoms with van der Waals surface area (Å²) in [5.74, 6) is 1.93. The predicted octanol–water partition coefficient (Wildman–Crippen LogP) is 15.2. The molecule has 0 radical (unpaired) electrons. The molecule has 10 aromatic carbocycles. The minimum absolute atomic E-state index is 0.632. The first-order valence-corrected chi connectivity index (χ1v) is 20.7. The minimum atomic E-state index is 0.632. The molecular formula is C55H33N3S. The topological polar surface area (TPSA) is 38.7 Å². The van der Waals surface area contributed by atoms with Crippen molar-refractivity contribution in [2.75, 3.05) is 0 Å². The van der Waals surface area contributed by atoms with Crippen LogP contribution in [0, 0.1) is 0 Å². The van der Waals surface area contributed by atoms with Gasteiger partial charge in [0.15, 0.2) is 17.5 Å². The van der Waals surface area contributed by atoms with Crippen molar-refractivity contribution in [3.63, 3.8) is 0 Å². The molecule has 0 unspecified atom stereocenters. The zero-order chi connectivity index (χ0) is 38.9. The van der Waals surface area contributed by atoms with Gasteiger partial charge in [-0.05, 0) is 95.7 Å². The van der Waals surface area contributed by atoms with E-state index in [9.17, 15) is 0 Å². The summed E-state index contributed by atoms with van der Waals surface area (Å²) in [4.78, 5) is 16.3. The van der Waals surface area contributed by atoms with Crippen LogP contribution in [-0.4, -0.2) is 15.0 Å². The number of thiophene rings is 1. The van der Waals surface area contributed by atoms with Crippen LogP contribution in [0.1, 0.15) is 0 Å². The van der Waals surface area contributed by atoms with Gasteiger partial charge in [-0.2, -0.15) is 0 Å². The molecule has 12 aromatic rings. The monoisotopic (exact) mass is 767 g/mol. The zero-order valence-corrected chi connectivity index (χ0v) is 32.6. The van der Waals surface area contributed by atoms with Crippen molar-refractivity contribution in [2.45, 2.75) is 0 Å². The molecule has 4 heteroatoms. The standard InChI is InChI=1S/C55H33N3S/c1-2-15-36-31-38(28-27-34(36)13-1)37-17-11-18-40(32-37)53-56-54(48-25-12-24-47-45-23-9-10-26-50(45)59-52(47)48)58-55(57-53)51-42-20-6-3-14-35(42)29-30-46(51)49-33-39-16-4-5-19-41(39)43-21-7-8-22-44(43)49/h1-33H. The SMILES string of the molecule is c1cc(-c2ccc3ccccc3c2)cc(-c2nc(-c3c(-c4cc5ccccc5c5ccccc45)ccc4ccccc34)nc(-c3cccc4c3sc3ccccc34)n2)c1. The lowest BCUT2D eigenvalue weighted by molar-refractivity contribution is 1.08. The maximum Gasteiger partial charge on any atom is 0.165 e. The van der Waals surface area contributed by atoms with E-state index < -0.39 is 0 Å².